The van der Waals surface area contributed by atoms with Crippen LogP contribution in [0.15, 0.2) is 18.2 Å². The van der Waals surface area contributed by atoms with Crippen molar-refractivity contribution in [1.29, 1.82) is 0 Å². The van der Waals surface area contributed by atoms with Crippen molar-refractivity contribution in [2.24, 2.45) is 5.92 Å². The molecule has 0 aromatic heterocycles. The lowest BCUT2D eigenvalue weighted by Crippen LogP contribution is -2.25. The van der Waals surface area contributed by atoms with Gasteiger partial charge in [-0.3, -0.25) is 0 Å². The van der Waals surface area contributed by atoms with Crippen molar-refractivity contribution in [3.05, 3.63) is 28.8 Å². The molecule has 0 aliphatic rings. The Morgan fingerprint density at radius 3 is 2.65 bits per heavy atom. The van der Waals surface area contributed by atoms with Crippen LogP contribution in [-0.4, -0.2) is 27.4 Å². The monoisotopic (exact) mass is 299 g/mol. The quantitative estimate of drug-likeness (QED) is 0.746. The SMILES string of the molecule is CCCNC(CC(C)COC)c1cc(Cl)ccc1OC. The molecular weight excluding hydrogens is 274 g/mol. The minimum absolute atomic E-state index is 0.230. The van der Waals surface area contributed by atoms with Gasteiger partial charge in [-0.15, -0.1) is 0 Å². The summed E-state index contributed by atoms with van der Waals surface area (Å²) in [6, 6.07) is 6.01. The molecule has 1 aromatic carbocycles. The molecule has 114 valence electrons. The number of ether oxygens (including phenoxy) is 2. The van der Waals surface area contributed by atoms with Crippen LogP contribution in [0.5, 0.6) is 5.75 Å². The summed E-state index contributed by atoms with van der Waals surface area (Å²) in [5.74, 6) is 1.35. The van der Waals surface area contributed by atoms with Crippen LogP contribution in [0.1, 0.15) is 38.3 Å². The molecule has 0 radical (unpaired) electrons. The summed E-state index contributed by atoms with van der Waals surface area (Å²) < 4.78 is 10.7. The lowest BCUT2D eigenvalue weighted by Gasteiger charge is -2.24. The number of hydrogen-bond acceptors (Lipinski definition) is 3. The second-order valence-corrected chi connectivity index (χ2v) is 5.63. The Bertz CT molecular complexity index is 398. The fourth-order valence-electron chi connectivity index (χ4n) is 2.37. The molecule has 2 unspecified atom stereocenters. The minimum atomic E-state index is 0.230. The first-order chi connectivity index (χ1) is 9.62. The van der Waals surface area contributed by atoms with E-state index in [1.807, 2.05) is 18.2 Å². The number of rotatable bonds is 9. The number of nitrogens with one attached hydrogen (secondary N) is 1. The van der Waals surface area contributed by atoms with Crippen LogP contribution in [0.2, 0.25) is 5.02 Å². The molecule has 0 amide bonds. The molecule has 0 saturated carbocycles. The molecule has 2 atom stereocenters. The van der Waals surface area contributed by atoms with E-state index < -0.39 is 0 Å². The molecule has 1 rings (SSSR count). The summed E-state index contributed by atoms with van der Waals surface area (Å²) >= 11 is 6.14. The normalized spacial score (nSPS) is 14.1. The van der Waals surface area contributed by atoms with Crippen molar-refractivity contribution in [1.82, 2.24) is 5.32 Å². The summed E-state index contributed by atoms with van der Waals surface area (Å²) in [7, 11) is 3.44. The Kier molecular flexibility index (Phi) is 7.97. The van der Waals surface area contributed by atoms with Gasteiger partial charge >= 0.3 is 0 Å². The van der Waals surface area contributed by atoms with Gasteiger partial charge in [-0.05, 0) is 43.5 Å². The molecule has 0 bridgehead atoms. The lowest BCUT2D eigenvalue weighted by molar-refractivity contribution is 0.149. The van der Waals surface area contributed by atoms with Crippen LogP contribution >= 0.6 is 11.6 Å². The largest absolute Gasteiger partial charge is 0.496 e. The highest BCUT2D eigenvalue weighted by Crippen LogP contribution is 2.32. The maximum Gasteiger partial charge on any atom is 0.123 e. The van der Waals surface area contributed by atoms with Crippen LogP contribution in [-0.2, 0) is 4.74 Å². The van der Waals surface area contributed by atoms with Gasteiger partial charge in [0, 0.05) is 30.3 Å². The van der Waals surface area contributed by atoms with Crippen LogP contribution in [0.3, 0.4) is 0 Å². The van der Waals surface area contributed by atoms with Crippen molar-refractivity contribution in [2.75, 3.05) is 27.4 Å². The molecule has 0 aliphatic heterocycles. The number of methoxy groups -OCH3 is 2. The smallest absolute Gasteiger partial charge is 0.123 e. The molecule has 1 N–H and O–H groups in total. The standard InChI is InChI=1S/C16H26ClNO2/c1-5-8-18-15(9-12(2)11-19-3)14-10-13(17)6-7-16(14)20-4/h6-7,10,12,15,18H,5,8-9,11H2,1-4H3. The summed E-state index contributed by atoms with van der Waals surface area (Å²) in [6.45, 7) is 6.09. The average molecular weight is 300 g/mol. The van der Waals surface area contributed by atoms with E-state index in [1.165, 1.54) is 0 Å². The number of benzene rings is 1. The first kappa shape index (κ1) is 17.3. The summed E-state index contributed by atoms with van der Waals surface area (Å²) in [5.41, 5.74) is 1.12. The van der Waals surface area contributed by atoms with Crippen LogP contribution < -0.4 is 10.1 Å². The van der Waals surface area contributed by atoms with Gasteiger partial charge in [-0.25, -0.2) is 0 Å². The van der Waals surface area contributed by atoms with Crippen molar-refractivity contribution >= 4 is 11.6 Å². The fraction of sp³-hybridized carbons (Fsp3) is 0.625. The van der Waals surface area contributed by atoms with E-state index in [-0.39, 0.29) is 6.04 Å². The zero-order valence-electron chi connectivity index (χ0n) is 12.9. The Hall–Kier alpha value is -0.770. The molecule has 20 heavy (non-hydrogen) atoms. The van der Waals surface area contributed by atoms with E-state index in [9.17, 15) is 0 Å². The Labute approximate surface area is 127 Å². The Balaban J connectivity index is 2.93. The highest BCUT2D eigenvalue weighted by Gasteiger charge is 2.19. The fourth-order valence-corrected chi connectivity index (χ4v) is 2.55. The first-order valence-corrected chi connectivity index (χ1v) is 7.55. The van der Waals surface area contributed by atoms with Gasteiger partial charge < -0.3 is 14.8 Å². The number of halogens is 1. The van der Waals surface area contributed by atoms with Crippen molar-refractivity contribution in [2.45, 2.75) is 32.7 Å². The molecule has 0 saturated heterocycles. The molecule has 0 spiro atoms. The maximum absolute atomic E-state index is 6.14. The van der Waals surface area contributed by atoms with Gasteiger partial charge in [0.05, 0.1) is 7.11 Å². The van der Waals surface area contributed by atoms with Crippen LogP contribution in [0.25, 0.3) is 0 Å². The van der Waals surface area contributed by atoms with Gasteiger partial charge in [-0.1, -0.05) is 25.4 Å². The molecule has 3 nitrogen and oxygen atoms in total. The van der Waals surface area contributed by atoms with E-state index in [2.05, 4.69) is 19.2 Å². The molecular formula is C16H26ClNO2. The Morgan fingerprint density at radius 1 is 1.30 bits per heavy atom. The second kappa shape index (κ2) is 9.22. The van der Waals surface area contributed by atoms with Crippen LogP contribution in [0, 0.1) is 5.92 Å². The molecule has 0 heterocycles. The van der Waals surface area contributed by atoms with Gasteiger partial charge in [-0.2, -0.15) is 0 Å². The predicted octanol–water partition coefficient (Wildman–Crippen LogP) is 4.06. The first-order valence-electron chi connectivity index (χ1n) is 7.18. The van der Waals surface area contributed by atoms with Crippen molar-refractivity contribution in [3.8, 4) is 5.75 Å². The summed E-state index contributed by atoms with van der Waals surface area (Å²) in [4.78, 5) is 0. The third-order valence-corrected chi connectivity index (χ3v) is 3.53. The van der Waals surface area contributed by atoms with Gasteiger partial charge in [0.1, 0.15) is 5.75 Å². The molecule has 1 aromatic rings. The third kappa shape index (κ3) is 5.31. The van der Waals surface area contributed by atoms with E-state index in [1.54, 1.807) is 14.2 Å². The molecule has 0 aliphatic carbocycles. The lowest BCUT2D eigenvalue weighted by atomic mass is 9.95. The molecule has 4 heteroatoms. The average Bonchev–Trinajstić information content (AvgIpc) is 2.43. The highest BCUT2D eigenvalue weighted by molar-refractivity contribution is 6.30. The predicted molar refractivity (Wildman–Crippen MR) is 84.7 cm³/mol. The van der Waals surface area contributed by atoms with E-state index in [0.29, 0.717) is 5.92 Å². The molecule has 0 fully saturated rings. The van der Waals surface area contributed by atoms with Gasteiger partial charge in [0.15, 0.2) is 0 Å². The van der Waals surface area contributed by atoms with E-state index in [0.717, 1.165) is 42.3 Å². The van der Waals surface area contributed by atoms with E-state index in [4.69, 9.17) is 21.1 Å². The third-order valence-electron chi connectivity index (χ3n) is 3.30. The summed E-state index contributed by atoms with van der Waals surface area (Å²) in [6.07, 6.45) is 2.09. The van der Waals surface area contributed by atoms with Crippen LogP contribution in [0.4, 0.5) is 0 Å². The maximum atomic E-state index is 6.14. The van der Waals surface area contributed by atoms with E-state index >= 15 is 0 Å². The summed E-state index contributed by atoms with van der Waals surface area (Å²) in [5, 5.41) is 4.32. The topological polar surface area (TPSA) is 30.5 Å². The Morgan fingerprint density at radius 2 is 2.05 bits per heavy atom. The van der Waals surface area contributed by atoms with Gasteiger partial charge in [0.2, 0.25) is 0 Å². The zero-order valence-corrected chi connectivity index (χ0v) is 13.7. The van der Waals surface area contributed by atoms with Crippen molar-refractivity contribution < 1.29 is 9.47 Å². The van der Waals surface area contributed by atoms with Crippen molar-refractivity contribution in [3.63, 3.8) is 0 Å². The second-order valence-electron chi connectivity index (χ2n) is 5.19. The zero-order chi connectivity index (χ0) is 15.0. The minimum Gasteiger partial charge on any atom is -0.496 e. The van der Waals surface area contributed by atoms with Gasteiger partial charge in [0.25, 0.3) is 0 Å². The number of hydrogen-bond donors (Lipinski definition) is 1. The highest BCUT2D eigenvalue weighted by atomic mass is 35.5.